The number of hydrogen-bond acceptors (Lipinski definition) is 0. The lowest BCUT2D eigenvalue weighted by Crippen LogP contribution is -2.23. The quantitative estimate of drug-likeness (QED) is 0.365. The Kier molecular flexibility index (Phi) is 2.45. The van der Waals surface area contributed by atoms with Crippen LogP contribution in [0.4, 0.5) is 22.0 Å². The van der Waals surface area contributed by atoms with E-state index in [2.05, 4.69) is 6.58 Å². The zero-order chi connectivity index (χ0) is 8.58. The van der Waals surface area contributed by atoms with Crippen LogP contribution in [0.25, 0.3) is 0 Å². The van der Waals surface area contributed by atoms with Crippen LogP contribution in [-0.4, -0.2) is 11.0 Å². The van der Waals surface area contributed by atoms with Crippen LogP contribution in [-0.2, 0) is 0 Å². The van der Waals surface area contributed by atoms with E-state index in [-0.39, 0.29) is 0 Å². The second-order valence-electron chi connectivity index (χ2n) is 1.47. The van der Waals surface area contributed by atoms with E-state index in [1.807, 2.05) is 0 Å². The molecule has 0 aliphatic heterocycles. The molecule has 60 valence electrons. The summed E-state index contributed by atoms with van der Waals surface area (Å²) < 4.78 is 57.4. The summed E-state index contributed by atoms with van der Waals surface area (Å²) in [4.78, 5) is -4.06. The van der Waals surface area contributed by atoms with Crippen molar-refractivity contribution in [1.82, 2.24) is 0 Å². The molecule has 0 aliphatic carbocycles. The highest BCUT2D eigenvalue weighted by atomic mass is 79.9. The summed E-state index contributed by atoms with van der Waals surface area (Å²) in [6, 6.07) is 0. The minimum Gasteiger partial charge on any atom is -0.188 e. The Bertz CT molecular complexity index is 125. The van der Waals surface area contributed by atoms with Crippen LogP contribution in [0.5, 0.6) is 0 Å². The van der Waals surface area contributed by atoms with Crippen molar-refractivity contribution in [3.63, 3.8) is 0 Å². The normalized spacial score (nSPS) is 13.4. The van der Waals surface area contributed by atoms with Gasteiger partial charge in [0, 0.05) is 0 Å². The zero-order valence-corrected chi connectivity index (χ0v) is 6.06. The maximum Gasteiger partial charge on any atom is 0.418 e. The fourth-order valence-electron chi connectivity index (χ4n) is 0.161. The summed E-state index contributed by atoms with van der Waals surface area (Å²) in [5.41, 5.74) is -2.10. The van der Waals surface area contributed by atoms with Crippen LogP contribution >= 0.6 is 15.9 Å². The molecular formula is C4H2BrF5. The molecule has 0 bridgehead atoms. The topological polar surface area (TPSA) is 0 Å². The third kappa shape index (κ3) is 2.64. The Balaban J connectivity index is 4.40. The second-order valence-corrected chi connectivity index (χ2v) is 2.47. The van der Waals surface area contributed by atoms with Crippen molar-refractivity contribution in [3.8, 4) is 0 Å². The van der Waals surface area contributed by atoms with Crippen molar-refractivity contribution in [2.45, 2.75) is 11.0 Å². The minimum absolute atomic E-state index is 1.53. The van der Waals surface area contributed by atoms with Crippen molar-refractivity contribution < 1.29 is 22.0 Å². The van der Waals surface area contributed by atoms with Crippen LogP contribution < -0.4 is 0 Å². The Labute approximate surface area is 61.8 Å². The predicted octanol–water partition coefficient (Wildman–Crippen LogP) is 3.09. The third-order valence-electron chi connectivity index (χ3n) is 0.684. The highest BCUT2D eigenvalue weighted by Gasteiger charge is 2.46. The zero-order valence-electron chi connectivity index (χ0n) is 4.47. The summed E-state index contributed by atoms with van der Waals surface area (Å²) in [7, 11) is 0. The molecular weight excluding hydrogens is 223 g/mol. The summed E-state index contributed by atoms with van der Waals surface area (Å²) >= 11 is 1.53. The molecule has 0 aliphatic rings. The van der Waals surface area contributed by atoms with Crippen molar-refractivity contribution in [2.24, 2.45) is 0 Å². The Morgan fingerprint density at radius 3 is 1.40 bits per heavy atom. The Morgan fingerprint density at radius 1 is 1.10 bits per heavy atom. The van der Waals surface area contributed by atoms with E-state index < -0.39 is 16.6 Å². The van der Waals surface area contributed by atoms with Gasteiger partial charge in [-0.1, -0.05) is 6.58 Å². The summed E-state index contributed by atoms with van der Waals surface area (Å²) in [5, 5.41) is 0. The maximum atomic E-state index is 11.7. The van der Waals surface area contributed by atoms with Crippen molar-refractivity contribution in [1.29, 1.82) is 0 Å². The van der Waals surface area contributed by atoms with Gasteiger partial charge in [0.05, 0.1) is 0 Å². The molecule has 0 aromatic carbocycles. The van der Waals surface area contributed by atoms with Crippen molar-refractivity contribution >= 4 is 15.9 Å². The molecule has 0 atom stereocenters. The van der Waals surface area contributed by atoms with E-state index in [0.717, 1.165) is 0 Å². The van der Waals surface area contributed by atoms with E-state index >= 15 is 0 Å². The molecule has 0 saturated heterocycles. The summed E-state index contributed by atoms with van der Waals surface area (Å²) in [6.45, 7) is 2.18. The lowest BCUT2D eigenvalue weighted by molar-refractivity contribution is -0.111. The van der Waals surface area contributed by atoms with Crippen LogP contribution in [0.2, 0.25) is 0 Å². The van der Waals surface area contributed by atoms with Gasteiger partial charge in [0.25, 0.3) is 0 Å². The molecule has 0 rings (SSSR count). The smallest absolute Gasteiger partial charge is 0.188 e. The first-order valence-corrected chi connectivity index (χ1v) is 2.78. The lowest BCUT2D eigenvalue weighted by atomic mass is 10.3. The van der Waals surface area contributed by atoms with Gasteiger partial charge in [0.15, 0.2) is 0 Å². The standard InChI is InChI=1S/C4H2BrF5/c1-2(3(5,6)7)4(8,9)10/h1H2. The second kappa shape index (κ2) is 2.48. The number of allylic oxidation sites excluding steroid dienone is 1. The SMILES string of the molecule is C=C(C(F)(F)F)C(F)(F)Br. The molecule has 0 nitrogen and oxygen atoms in total. The van der Waals surface area contributed by atoms with E-state index in [1.54, 1.807) is 0 Å². The molecule has 10 heavy (non-hydrogen) atoms. The van der Waals surface area contributed by atoms with E-state index in [9.17, 15) is 22.0 Å². The lowest BCUT2D eigenvalue weighted by Gasteiger charge is -2.13. The first-order valence-electron chi connectivity index (χ1n) is 1.99. The molecule has 0 saturated carbocycles. The first kappa shape index (κ1) is 9.87. The van der Waals surface area contributed by atoms with E-state index in [0.29, 0.717) is 0 Å². The van der Waals surface area contributed by atoms with Gasteiger partial charge in [-0.25, -0.2) is 0 Å². The average Bonchev–Trinajstić information content (AvgIpc) is 1.59. The molecule has 6 heteroatoms. The first-order chi connectivity index (χ1) is 4.15. The molecule has 0 fully saturated rings. The molecule has 0 spiro atoms. The summed E-state index contributed by atoms with van der Waals surface area (Å²) in [5.74, 6) is 0. The summed E-state index contributed by atoms with van der Waals surface area (Å²) in [6.07, 6.45) is -5.05. The van der Waals surface area contributed by atoms with Gasteiger partial charge in [0.1, 0.15) is 5.57 Å². The highest BCUT2D eigenvalue weighted by molar-refractivity contribution is 9.10. The number of halogens is 6. The fourth-order valence-corrected chi connectivity index (χ4v) is 0.386. The van der Waals surface area contributed by atoms with Gasteiger partial charge in [-0.05, 0) is 15.9 Å². The molecule has 0 heterocycles. The maximum absolute atomic E-state index is 11.7. The van der Waals surface area contributed by atoms with Gasteiger partial charge in [0.2, 0.25) is 0 Å². The molecule has 0 aromatic heterocycles. The van der Waals surface area contributed by atoms with Gasteiger partial charge in [-0.3, -0.25) is 0 Å². The van der Waals surface area contributed by atoms with Crippen molar-refractivity contribution in [3.05, 3.63) is 12.2 Å². The van der Waals surface area contributed by atoms with E-state index in [1.165, 1.54) is 15.9 Å². The molecule has 0 radical (unpaired) electrons. The monoisotopic (exact) mass is 224 g/mol. The van der Waals surface area contributed by atoms with Gasteiger partial charge in [-0.2, -0.15) is 22.0 Å². The predicted molar refractivity (Wildman–Crippen MR) is 29.1 cm³/mol. The van der Waals surface area contributed by atoms with Gasteiger partial charge < -0.3 is 0 Å². The van der Waals surface area contributed by atoms with Gasteiger partial charge >= 0.3 is 11.0 Å². The highest BCUT2D eigenvalue weighted by Crippen LogP contribution is 2.39. The minimum atomic E-state index is -5.05. The average molecular weight is 225 g/mol. The van der Waals surface area contributed by atoms with Gasteiger partial charge in [-0.15, -0.1) is 0 Å². The van der Waals surface area contributed by atoms with Crippen LogP contribution in [0, 0.1) is 0 Å². The Morgan fingerprint density at radius 2 is 1.40 bits per heavy atom. The molecule has 0 N–H and O–H groups in total. The number of alkyl halides is 6. The van der Waals surface area contributed by atoms with Crippen LogP contribution in [0.1, 0.15) is 0 Å². The van der Waals surface area contributed by atoms with E-state index in [4.69, 9.17) is 0 Å². The van der Waals surface area contributed by atoms with Crippen LogP contribution in [0.15, 0.2) is 12.2 Å². The number of hydrogen-bond donors (Lipinski definition) is 0. The fraction of sp³-hybridized carbons (Fsp3) is 0.500. The largest absolute Gasteiger partial charge is 0.418 e. The van der Waals surface area contributed by atoms with Crippen molar-refractivity contribution in [2.75, 3.05) is 0 Å². The molecule has 0 amide bonds. The molecule has 0 aromatic rings. The number of rotatable bonds is 1. The Hall–Kier alpha value is -0.130. The van der Waals surface area contributed by atoms with Crippen LogP contribution in [0.3, 0.4) is 0 Å². The molecule has 0 unspecified atom stereocenters. The third-order valence-corrected chi connectivity index (χ3v) is 1.16.